The van der Waals surface area contributed by atoms with Crippen molar-refractivity contribution in [2.75, 3.05) is 0 Å². The zero-order chi connectivity index (χ0) is 13.1. The first-order chi connectivity index (χ1) is 8.59. The van der Waals surface area contributed by atoms with Crippen molar-refractivity contribution in [3.05, 3.63) is 47.7 Å². The van der Waals surface area contributed by atoms with Gasteiger partial charge < -0.3 is 15.5 Å². The van der Waals surface area contributed by atoms with Crippen LogP contribution < -0.4 is 10.5 Å². The molecule has 1 amide bonds. The third kappa shape index (κ3) is 2.19. The first-order valence-corrected chi connectivity index (χ1v) is 4.89. The Bertz CT molecular complexity index is 609. The molecule has 0 aliphatic rings. The standard InChI is InChI=1S/C11H8FN3O3/c12-7-4-2-1-3-6(7)11(17)18-10-8(9(13)16)14-5-15-10/h1-5H,(H2,13,16)(H,14,15). The fraction of sp³-hybridized carbons (Fsp3) is 0. The van der Waals surface area contributed by atoms with E-state index in [1.165, 1.54) is 18.2 Å². The van der Waals surface area contributed by atoms with E-state index >= 15 is 0 Å². The third-order valence-corrected chi connectivity index (χ3v) is 2.13. The van der Waals surface area contributed by atoms with E-state index in [-0.39, 0.29) is 17.1 Å². The summed E-state index contributed by atoms with van der Waals surface area (Å²) >= 11 is 0. The summed E-state index contributed by atoms with van der Waals surface area (Å²) in [5.41, 5.74) is 4.62. The SMILES string of the molecule is NC(=O)c1[nH]cnc1OC(=O)c1ccccc1F. The Balaban J connectivity index is 2.25. The summed E-state index contributed by atoms with van der Waals surface area (Å²) in [5.74, 6) is -2.79. The van der Waals surface area contributed by atoms with Crippen molar-refractivity contribution in [2.24, 2.45) is 5.73 Å². The molecule has 0 atom stereocenters. The molecule has 0 saturated carbocycles. The smallest absolute Gasteiger partial charge is 0.347 e. The van der Waals surface area contributed by atoms with Gasteiger partial charge in [0.05, 0.1) is 11.9 Å². The largest absolute Gasteiger partial charge is 0.401 e. The molecule has 18 heavy (non-hydrogen) atoms. The van der Waals surface area contributed by atoms with Gasteiger partial charge in [0.2, 0.25) is 0 Å². The quantitative estimate of drug-likeness (QED) is 0.788. The van der Waals surface area contributed by atoms with E-state index in [1.807, 2.05) is 0 Å². The molecule has 2 rings (SSSR count). The number of ether oxygens (including phenoxy) is 1. The maximum absolute atomic E-state index is 13.3. The number of hydrogen-bond donors (Lipinski definition) is 2. The van der Waals surface area contributed by atoms with Gasteiger partial charge in [0.25, 0.3) is 11.8 Å². The van der Waals surface area contributed by atoms with Gasteiger partial charge >= 0.3 is 5.97 Å². The summed E-state index contributed by atoms with van der Waals surface area (Å²) in [6, 6.07) is 5.30. The second-order valence-corrected chi connectivity index (χ2v) is 3.32. The van der Waals surface area contributed by atoms with E-state index in [1.54, 1.807) is 0 Å². The fourth-order valence-electron chi connectivity index (χ4n) is 1.31. The fourth-order valence-corrected chi connectivity index (χ4v) is 1.31. The first kappa shape index (κ1) is 11.8. The van der Waals surface area contributed by atoms with Crippen LogP contribution in [0.4, 0.5) is 4.39 Å². The minimum absolute atomic E-state index is 0.153. The Morgan fingerprint density at radius 1 is 1.33 bits per heavy atom. The second-order valence-electron chi connectivity index (χ2n) is 3.32. The molecule has 0 saturated heterocycles. The Labute approximate surface area is 101 Å². The number of benzene rings is 1. The molecule has 0 fully saturated rings. The van der Waals surface area contributed by atoms with Crippen molar-refractivity contribution in [2.45, 2.75) is 0 Å². The molecule has 0 bridgehead atoms. The Morgan fingerprint density at radius 3 is 2.72 bits per heavy atom. The summed E-state index contributed by atoms with van der Waals surface area (Å²) in [6.45, 7) is 0. The van der Waals surface area contributed by atoms with Crippen LogP contribution in [0, 0.1) is 5.82 Å². The molecule has 0 spiro atoms. The topological polar surface area (TPSA) is 98.1 Å². The molecule has 1 aromatic carbocycles. The number of carbonyl (C=O) groups excluding carboxylic acids is 2. The third-order valence-electron chi connectivity index (χ3n) is 2.13. The molecule has 1 heterocycles. The van der Waals surface area contributed by atoms with Gasteiger partial charge in [0.1, 0.15) is 5.82 Å². The Kier molecular flexibility index (Phi) is 3.05. The normalized spacial score (nSPS) is 10.1. The van der Waals surface area contributed by atoms with Gasteiger partial charge in [-0.15, -0.1) is 0 Å². The van der Waals surface area contributed by atoms with Crippen LogP contribution in [0.1, 0.15) is 20.8 Å². The number of rotatable bonds is 3. The highest BCUT2D eigenvalue weighted by atomic mass is 19.1. The maximum Gasteiger partial charge on any atom is 0.347 e. The van der Waals surface area contributed by atoms with Crippen LogP contribution in [0.15, 0.2) is 30.6 Å². The summed E-state index contributed by atoms with van der Waals surface area (Å²) < 4.78 is 18.1. The van der Waals surface area contributed by atoms with Gasteiger partial charge in [0, 0.05) is 0 Å². The number of nitrogens with zero attached hydrogens (tertiary/aromatic N) is 1. The van der Waals surface area contributed by atoms with Crippen molar-refractivity contribution in [3.8, 4) is 5.88 Å². The molecule has 92 valence electrons. The number of aromatic nitrogens is 2. The number of nitrogens with one attached hydrogen (secondary N) is 1. The van der Waals surface area contributed by atoms with E-state index in [0.29, 0.717) is 0 Å². The molecule has 7 heteroatoms. The molecule has 6 nitrogen and oxygen atoms in total. The van der Waals surface area contributed by atoms with Crippen molar-refractivity contribution >= 4 is 11.9 Å². The molecular formula is C11H8FN3O3. The van der Waals surface area contributed by atoms with E-state index in [0.717, 1.165) is 12.4 Å². The number of esters is 1. The lowest BCUT2D eigenvalue weighted by molar-refractivity contribution is 0.0721. The van der Waals surface area contributed by atoms with Crippen molar-refractivity contribution < 1.29 is 18.7 Å². The van der Waals surface area contributed by atoms with Gasteiger partial charge in [-0.2, -0.15) is 0 Å². The lowest BCUT2D eigenvalue weighted by Gasteiger charge is -2.03. The summed E-state index contributed by atoms with van der Waals surface area (Å²) in [4.78, 5) is 28.6. The maximum atomic E-state index is 13.3. The molecule has 0 radical (unpaired) electrons. The minimum atomic E-state index is -0.956. The molecule has 1 aromatic heterocycles. The molecule has 2 aromatic rings. The van der Waals surface area contributed by atoms with Crippen LogP contribution in [-0.2, 0) is 0 Å². The van der Waals surface area contributed by atoms with Crippen LogP contribution in [0.5, 0.6) is 5.88 Å². The number of H-pyrrole nitrogens is 1. The van der Waals surface area contributed by atoms with Crippen molar-refractivity contribution in [1.82, 2.24) is 9.97 Å². The zero-order valence-electron chi connectivity index (χ0n) is 9.01. The van der Waals surface area contributed by atoms with E-state index < -0.39 is 17.7 Å². The number of carbonyl (C=O) groups is 2. The molecule has 3 N–H and O–H groups in total. The number of hydrogen-bond acceptors (Lipinski definition) is 4. The zero-order valence-corrected chi connectivity index (χ0v) is 9.01. The molecule has 0 unspecified atom stereocenters. The van der Waals surface area contributed by atoms with Crippen LogP contribution in [0.25, 0.3) is 0 Å². The van der Waals surface area contributed by atoms with Crippen LogP contribution in [0.3, 0.4) is 0 Å². The molecule has 0 aliphatic heterocycles. The van der Waals surface area contributed by atoms with Gasteiger partial charge in [0.15, 0.2) is 5.69 Å². The van der Waals surface area contributed by atoms with Gasteiger partial charge in [-0.05, 0) is 12.1 Å². The number of halogens is 1. The number of nitrogens with two attached hydrogens (primary N) is 1. The van der Waals surface area contributed by atoms with Crippen molar-refractivity contribution in [1.29, 1.82) is 0 Å². The number of primary amides is 1. The molecule has 0 aliphatic carbocycles. The van der Waals surface area contributed by atoms with E-state index in [2.05, 4.69) is 9.97 Å². The number of imidazole rings is 1. The highest BCUT2D eigenvalue weighted by molar-refractivity contribution is 5.96. The molecular weight excluding hydrogens is 241 g/mol. The van der Waals surface area contributed by atoms with Crippen LogP contribution in [0.2, 0.25) is 0 Å². The number of aromatic amines is 1. The summed E-state index contributed by atoms with van der Waals surface area (Å²) in [7, 11) is 0. The lowest BCUT2D eigenvalue weighted by atomic mass is 10.2. The lowest BCUT2D eigenvalue weighted by Crippen LogP contribution is -2.16. The Hall–Kier alpha value is -2.70. The minimum Gasteiger partial charge on any atom is -0.401 e. The second kappa shape index (κ2) is 4.66. The monoisotopic (exact) mass is 249 g/mol. The van der Waals surface area contributed by atoms with E-state index in [4.69, 9.17) is 10.5 Å². The van der Waals surface area contributed by atoms with Crippen LogP contribution >= 0.6 is 0 Å². The van der Waals surface area contributed by atoms with Gasteiger partial charge in [-0.1, -0.05) is 12.1 Å². The van der Waals surface area contributed by atoms with Crippen molar-refractivity contribution in [3.63, 3.8) is 0 Å². The van der Waals surface area contributed by atoms with Crippen LogP contribution in [-0.4, -0.2) is 21.8 Å². The first-order valence-electron chi connectivity index (χ1n) is 4.89. The average molecular weight is 249 g/mol. The van der Waals surface area contributed by atoms with Gasteiger partial charge in [-0.3, -0.25) is 4.79 Å². The highest BCUT2D eigenvalue weighted by Gasteiger charge is 2.19. The summed E-state index contributed by atoms with van der Waals surface area (Å²) in [6.07, 6.45) is 1.14. The average Bonchev–Trinajstić information content (AvgIpc) is 2.77. The van der Waals surface area contributed by atoms with Gasteiger partial charge in [-0.25, -0.2) is 14.2 Å². The predicted molar refractivity (Wildman–Crippen MR) is 58.5 cm³/mol. The predicted octanol–water partition coefficient (Wildman–Crippen LogP) is 0.867. The number of amides is 1. The highest BCUT2D eigenvalue weighted by Crippen LogP contribution is 2.15. The van der Waals surface area contributed by atoms with E-state index in [9.17, 15) is 14.0 Å². The Morgan fingerprint density at radius 2 is 2.06 bits per heavy atom. The summed E-state index contributed by atoms with van der Waals surface area (Å²) in [5, 5.41) is 0.